The number of anilines is 1. The van der Waals surface area contributed by atoms with Crippen LogP contribution in [0.5, 0.6) is 11.5 Å². The minimum absolute atomic E-state index is 0.179. The SMILES string of the molecule is CCOc1cc(CNc2ccc(F)cc2)c(Br)cc1OCc1ccc(F)cc1Cl. The minimum atomic E-state index is -0.394. The van der Waals surface area contributed by atoms with Gasteiger partial charge < -0.3 is 14.8 Å². The number of hydrogen-bond donors (Lipinski definition) is 1. The molecule has 0 aromatic heterocycles. The van der Waals surface area contributed by atoms with Crippen molar-refractivity contribution in [2.45, 2.75) is 20.1 Å². The molecule has 0 bridgehead atoms. The van der Waals surface area contributed by atoms with Gasteiger partial charge in [-0.15, -0.1) is 0 Å². The smallest absolute Gasteiger partial charge is 0.162 e. The summed E-state index contributed by atoms with van der Waals surface area (Å²) in [5, 5.41) is 3.55. The Kier molecular flexibility index (Phi) is 7.34. The van der Waals surface area contributed by atoms with E-state index in [2.05, 4.69) is 21.2 Å². The standard InChI is InChI=1S/C22H19BrClF2NO2/c1-2-28-21-9-15(12-27-18-7-5-16(25)6-8-18)19(23)11-22(21)29-13-14-3-4-17(26)10-20(14)24/h3-11,27H,2,12-13H2,1H3. The summed E-state index contributed by atoms with van der Waals surface area (Å²) in [6.45, 7) is 3.05. The van der Waals surface area contributed by atoms with E-state index in [1.54, 1.807) is 18.2 Å². The van der Waals surface area contributed by atoms with Gasteiger partial charge >= 0.3 is 0 Å². The van der Waals surface area contributed by atoms with E-state index in [9.17, 15) is 8.78 Å². The fourth-order valence-corrected chi connectivity index (χ4v) is 3.34. The summed E-state index contributed by atoms with van der Waals surface area (Å²) in [5.74, 6) is 0.460. The van der Waals surface area contributed by atoms with Crippen LogP contribution in [0.15, 0.2) is 59.1 Å². The highest BCUT2D eigenvalue weighted by atomic mass is 79.9. The minimum Gasteiger partial charge on any atom is -0.490 e. The Hall–Kier alpha value is -2.31. The zero-order valence-corrected chi connectivity index (χ0v) is 18.0. The molecule has 0 spiro atoms. The Morgan fingerprint density at radius 2 is 1.59 bits per heavy atom. The van der Waals surface area contributed by atoms with Gasteiger partial charge in [-0.1, -0.05) is 33.6 Å². The van der Waals surface area contributed by atoms with Crippen molar-refractivity contribution in [1.29, 1.82) is 0 Å². The molecule has 0 heterocycles. The number of nitrogens with one attached hydrogen (secondary N) is 1. The highest BCUT2D eigenvalue weighted by Gasteiger charge is 2.12. The zero-order valence-electron chi connectivity index (χ0n) is 15.6. The average molecular weight is 483 g/mol. The topological polar surface area (TPSA) is 30.5 Å². The lowest BCUT2D eigenvalue weighted by Gasteiger charge is -2.16. The third-order valence-corrected chi connectivity index (χ3v) is 5.23. The molecule has 0 unspecified atom stereocenters. The van der Waals surface area contributed by atoms with Gasteiger partial charge in [0.15, 0.2) is 11.5 Å². The second kappa shape index (κ2) is 9.94. The number of ether oxygens (including phenoxy) is 2. The fraction of sp³-hybridized carbons (Fsp3) is 0.182. The largest absolute Gasteiger partial charge is 0.490 e. The van der Waals surface area contributed by atoms with Crippen LogP contribution in [0, 0.1) is 11.6 Å². The van der Waals surface area contributed by atoms with Gasteiger partial charge in [-0.25, -0.2) is 8.78 Å². The van der Waals surface area contributed by atoms with Crippen LogP contribution >= 0.6 is 27.5 Å². The monoisotopic (exact) mass is 481 g/mol. The molecule has 7 heteroatoms. The summed E-state index contributed by atoms with van der Waals surface area (Å²) in [6.07, 6.45) is 0. The van der Waals surface area contributed by atoms with Crippen molar-refractivity contribution in [2.24, 2.45) is 0 Å². The van der Waals surface area contributed by atoms with Crippen molar-refractivity contribution >= 4 is 33.2 Å². The predicted molar refractivity (Wildman–Crippen MR) is 115 cm³/mol. The first-order valence-corrected chi connectivity index (χ1v) is 10.1. The van der Waals surface area contributed by atoms with E-state index >= 15 is 0 Å². The summed E-state index contributed by atoms with van der Waals surface area (Å²) in [5.41, 5.74) is 2.43. The summed E-state index contributed by atoms with van der Waals surface area (Å²) < 4.78 is 38.7. The first-order chi connectivity index (χ1) is 14.0. The average Bonchev–Trinajstić information content (AvgIpc) is 2.69. The molecule has 0 atom stereocenters. The molecule has 0 aliphatic heterocycles. The predicted octanol–water partition coefficient (Wildman–Crippen LogP) is 6.97. The van der Waals surface area contributed by atoms with E-state index in [1.807, 2.05) is 19.1 Å². The van der Waals surface area contributed by atoms with Gasteiger partial charge in [0.2, 0.25) is 0 Å². The van der Waals surface area contributed by atoms with E-state index in [-0.39, 0.29) is 12.4 Å². The van der Waals surface area contributed by atoms with Crippen molar-refractivity contribution in [3.8, 4) is 11.5 Å². The molecule has 152 valence electrons. The molecule has 29 heavy (non-hydrogen) atoms. The second-order valence-electron chi connectivity index (χ2n) is 6.21. The highest BCUT2D eigenvalue weighted by Crippen LogP contribution is 2.35. The Labute approximate surface area is 181 Å². The van der Waals surface area contributed by atoms with Crippen molar-refractivity contribution in [1.82, 2.24) is 0 Å². The van der Waals surface area contributed by atoms with Crippen LogP contribution < -0.4 is 14.8 Å². The van der Waals surface area contributed by atoms with E-state index in [0.29, 0.717) is 35.2 Å². The molecular formula is C22H19BrClF2NO2. The zero-order chi connectivity index (χ0) is 20.8. The number of halogens is 4. The van der Waals surface area contributed by atoms with Crippen molar-refractivity contribution in [3.63, 3.8) is 0 Å². The molecule has 3 aromatic carbocycles. The summed E-state index contributed by atoms with van der Waals surface area (Å²) in [7, 11) is 0. The molecule has 0 radical (unpaired) electrons. The second-order valence-corrected chi connectivity index (χ2v) is 7.47. The Balaban J connectivity index is 1.75. The first-order valence-electron chi connectivity index (χ1n) is 8.97. The molecule has 0 aliphatic carbocycles. The normalized spacial score (nSPS) is 10.7. The molecule has 0 amide bonds. The highest BCUT2D eigenvalue weighted by molar-refractivity contribution is 9.10. The Bertz CT molecular complexity index is 983. The molecule has 0 saturated heterocycles. The van der Waals surface area contributed by atoms with Crippen LogP contribution in [-0.2, 0) is 13.2 Å². The van der Waals surface area contributed by atoms with Gasteiger partial charge in [-0.05, 0) is 61.0 Å². The van der Waals surface area contributed by atoms with Crippen LogP contribution in [0.4, 0.5) is 14.5 Å². The van der Waals surface area contributed by atoms with Crippen LogP contribution in [0.3, 0.4) is 0 Å². The molecular weight excluding hydrogens is 464 g/mol. The lowest BCUT2D eigenvalue weighted by Crippen LogP contribution is -2.04. The number of hydrogen-bond acceptors (Lipinski definition) is 3. The number of rotatable bonds is 8. The molecule has 3 nitrogen and oxygen atoms in total. The summed E-state index contributed by atoms with van der Waals surface area (Å²) >= 11 is 9.63. The van der Waals surface area contributed by atoms with E-state index < -0.39 is 5.82 Å². The number of benzene rings is 3. The van der Waals surface area contributed by atoms with Crippen LogP contribution in [0.25, 0.3) is 0 Å². The third kappa shape index (κ3) is 5.84. The maximum atomic E-state index is 13.2. The van der Waals surface area contributed by atoms with Gasteiger partial charge in [0, 0.05) is 22.3 Å². The Morgan fingerprint density at radius 3 is 2.28 bits per heavy atom. The van der Waals surface area contributed by atoms with Gasteiger partial charge in [0.1, 0.15) is 18.2 Å². The molecule has 3 rings (SSSR count). The van der Waals surface area contributed by atoms with E-state index in [4.69, 9.17) is 21.1 Å². The van der Waals surface area contributed by atoms with Crippen LogP contribution in [0.2, 0.25) is 5.02 Å². The fourth-order valence-electron chi connectivity index (χ4n) is 2.65. The molecule has 3 aromatic rings. The van der Waals surface area contributed by atoms with Crippen LogP contribution in [0.1, 0.15) is 18.1 Å². The maximum Gasteiger partial charge on any atom is 0.162 e. The summed E-state index contributed by atoms with van der Waals surface area (Å²) in [6, 6.07) is 14.1. The van der Waals surface area contributed by atoms with E-state index in [1.165, 1.54) is 24.3 Å². The van der Waals surface area contributed by atoms with Gasteiger partial charge in [0.25, 0.3) is 0 Å². The third-order valence-electron chi connectivity index (χ3n) is 4.14. The quantitative estimate of drug-likeness (QED) is 0.376. The summed E-state index contributed by atoms with van der Waals surface area (Å²) in [4.78, 5) is 0. The first kappa shape index (κ1) is 21.4. The van der Waals surface area contributed by atoms with Crippen molar-refractivity contribution < 1.29 is 18.3 Å². The van der Waals surface area contributed by atoms with Gasteiger partial charge in [-0.3, -0.25) is 0 Å². The van der Waals surface area contributed by atoms with Crippen molar-refractivity contribution in [3.05, 3.63) is 86.9 Å². The van der Waals surface area contributed by atoms with E-state index in [0.717, 1.165) is 15.7 Å². The van der Waals surface area contributed by atoms with Crippen LogP contribution in [-0.4, -0.2) is 6.61 Å². The van der Waals surface area contributed by atoms with Crippen molar-refractivity contribution in [2.75, 3.05) is 11.9 Å². The lowest BCUT2D eigenvalue weighted by atomic mass is 10.2. The molecule has 1 N–H and O–H groups in total. The Morgan fingerprint density at radius 1 is 0.897 bits per heavy atom. The lowest BCUT2D eigenvalue weighted by molar-refractivity contribution is 0.269. The maximum absolute atomic E-state index is 13.2. The molecule has 0 aliphatic rings. The molecule has 0 saturated carbocycles. The molecule has 0 fully saturated rings. The van der Waals surface area contributed by atoms with Gasteiger partial charge in [-0.2, -0.15) is 0 Å². The van der Waals surface area contributed by atoms with Gasteiger partial charge in [0.05, 0.1) is 11.6 Å².